The van der Waals surface area contributed by atoms with Gasteiger partial charge in [0.15, 0.2) is 0 Å². The summed E-state index contributed by atoms with van der Waals surface area (Å²) >= 11 is -3.02. The molecule has 0 spiro atoms. The summed E-state index contributed by atoms with van der Waals surface area (Å²) in [6.45, 7) is 0. The monoisotopic (exact) mass is 285 g/mol. The molecule has 1 aromatic carbocycles. The average molecular weight is 287 g/mol. The van der Waals surface area contributed by atoms with E-state index in [2.05, 4.69) is 0 Å². The number of rotatable bonds is 3. The summed E-state index contributed by atoms with van der Waals surface area (Å²) in [5.41, 5.74) is 1.05. The fourth-order valence-electron chi connectivity index (χ4n) is 0.974. The Morgan fingerprint density at radius 2 is 1.92 bits per heavy atom. The summed E-state index contributed by atoms with van der Waals surface area (Å²) in [5.74, 6) is 0. The van der Waals surface area contributed by atoms with Gasteiger partial charge in [-0.15, -0.1) is 17.0 Å². The summed E-state index contributed by atoms with van der Waals surface area (Å²) in [7, 11) is 1.46. The van der Waals surface area contributed by atoms with Gasteiger partial charge in [-0.2, -0.15) is 0 Å². The van der Waals surface area contributed by atoms with Crippen LogP contribution in [0.15, 0.2) is 30.3 Å². The van der Waals surface area contributed by atoms with E-state index in [1.165, 1.54) is 7.11 Å². The van der Waals surface area contributed by atoms with Gasteiger partial charge in [0.05, 0.1) is 0 Å². The molecule has 0 aromatic heterocycles. The fourth-order valence-corrected chi connectivity index (χ4v) is 3.05. The molecule has 0 aliphatic heterocycles. The topological polar surface area (TPSA) is 9.23 Å². The van der Waals surface area contributed by atoms with Crippen LogP contribution in [-0.2, 0) is 25.4 Å². The zero-order chi connectivity index (χ0) is 8.10. The molecule has 4 heteroatoms. The molecule has 0 unspecified atom stereocenters. The zero-order valence-corrected chi connectivity index (χ0v) is 11.7. The van der Waals surface area contributed by atoms with Gasteiger partial charge in [0, 0.05) is 0 Å². The number of benzene rings is 1. The third-order valence-corrected chi connectivity index (χ3v) is 4.99. The van der Waals surface area contributed by atoms with Crippen molar-refractivity contribution in [1.29, 1.82) is 0 Å². The van der Waals surface area contributed by atoms with E-state index >= 15 is 0 Å². The molecule has 1 nitrogen and oxygen atoms in total. The van der Waals surface area contributed by atoms with E-state index in [1.54, 1.807) is 0 Å². The quantitative estimate of drug-likeness (QED) is 0.777. The molecule has 0 radical (unpaired) electrons. The van der Waals surface area contributed by atoms with Gasteiger partial charge in [0.25, 0.3) is 0 Å². The van der Waals surface area contributed by atoms with Gasteiger partial charge in [-0.3, -0.25) is 0 Å². The average Bonchev–Trinajstić information content (AvgIpc) is 2.06. The Balaban J connectivity index is 0.00000121. The second-order valence-electron chi connectivity index (χ2n) is 2.53. The molecule has 0 saturated carbocycles. The Bertz CT molecular complexity index is 207. The maximum atomic E-state index is 12.8. The van der Waals surface area contributed by atoms with Crippen LogP contribution in [0.5, 0.6) is 0 Å². The first-order valence-corrected chi connectivity index (χ1v) is 8.16. The Labute approximate surface area is 88.6 Å². The Morgan fingerprint density at radius 1 is 1.33 bits per heavy atom. The van der Waals surface area contributed by atoms with E-state index in [4.69, 9.17) is 3.56 Å². The van der Waals surface area contributed by atoms with E-state index in [9.17, 15) is 3.32 Å². The SMILES string of the molecule is Br.C[O][Zn]([F])[CH2]c1ccccc1. The van der Waals surface area contributed by atoms with Crippen LogP contribution >= 0.6 is 17.0 Å². The van der Waals surface area contributed by atoms with Gasteiger partial charge in [-0.05, 0) is 0 Å². The number of halogens is 2. The number of hydrogen-bond acceptors (Lipinski definition) is 1. The van der Waals surface area contributed by atoms with Crippen molar-refractivity contribution in [2.45, 2.75) is 5.02 Å². The molecule has 0 aliphatic carbocycles. The Hall–Kier alpha value is 0.213. The molecule has 12 heavy (non-hydrogen) atoms. The fraction of sp³-hybridized carbons (Fsp3) is 0.250. The van der Waals surface area contributed by atoms with Crippen LogP contribution in [0.25, 0.3) is 0 Å². The van der Waals surface area contributed by atoms with Gasteiger partial charge in [0.1, 0.15) is 0 Å². The van der Waals surface area contributed by atoms with E-state index in [0.29, 0.717) is 5.02 Å². The summed E-state index contributed by atoms with van der Waals surface area (Å²) in [4.78, 5) is 0. The molecular weight excluding hydrogens is 276 g/mol. The molecular formula is C8H11BrFOZn. The van der Waals surface area contributed by atoms with E-state index in [-0.39, 0.29) is 17.0 Å². The van der Waals surface area contributed by atoms with Crippen LogP contribution in [0, 0.1) is 0 Å². The Kier molecular flexibility index (Phi) is 6.82. The van der Waals surface area contributed by atoms with Crippen molar-refractivity contribution in [3.05, 3.63) is 35.9 Å². The first kappa shape index (κ1) is 12.2. The second-order valence-corrected chi connectivity index (χ2v) is 6.89. The van der Waals surface area contributed by atoms with Crippen molar-refractivity contribution < 1.29 is 23.7 Å². The van der Waals surface area contributed by atoms with Crippen molar-refractivity contribution in [3.8, 4) is 0 Å². The molecule has 0 heterocycles. The molecule has 0 amide bonds. The summed E-state index contributed by atoms with van der Waals surface area (Å²) in [5, 5.41) is 0.539. The molecule has 0 N–H and O–H groups in total. The maximum absolute atomic E-state index is 12.8. The van der Waals surface area contributed by atoms with Crippen molar-refractivity contribution in [1.82, 2.24) is 0 Å². The summed E-state index contributed by atoms with van der Waals surface area (Å²) < 4.78 is 17.5. The minimum absolute atomic E-state index is 0. The van der Waals surface area contributed by atoms with Crippen LogP contribution in [0.2, 0.25) is 0 Å². The molecule has 0 saturated heterocycles. The molecule has 0 atom stereocenters. The third-order valence-electron chi connectivity index (χ3n) is 1.64. The summed E-state index contributed by atoms with van der Waals surface area (Å²) in [6, 6.07) is 9.63. The standard InChI is InChI=1S/C7H7.CH3O.BrH.FH.Zn/c1-7-5-3-2-4-6-7;1-2;;;/h2-6H,1H2;1H3;2*1H;/q;-1;;;+2/p-1. The van der Waals surface area contributed by atoms with Gasteiger partial charge >= 0.3 is 71.7 Å². The normalized spacial score (nSPS) is 8.83. The Morgan fingerprint density at radius 3 is 2.42 bits per heavy atom. The van der Waals surface area contributed by atoms with Crippen LogP contribution in [0.3, 0.4) is 0 Å². The van der Waals surface area contributed by atoms with Crippen LogP contribution in [0.4, 0.5) is 3.32 Å². The van der Waals surface area contributed by atoms with Crippen LogP contribution in [0.1, 0.15) is 5.56 Å². The minimum atomic E-state index is -3.02. The van der Waals surface area contributed by atoms with Crippen molar-refractivity contribution in [3.63, 3.8) is 0 Å². The number of hydrogen-bond donors (Lipinski definition) is 0. The van der Waals surface area contributed by atoms with E-state index < -0.39 is 16.8 Å². The predicted molar refractivity (Wildman–Crippen MR) is 48.6 cm³/mol. The molecule has 1 rings (SSSR count). The molecule has 0 aliphatic rings. The van der Waals surface area contributed by atoms with Crippen LogP contribution in [-0.4, -0.2) is 7.11 Å². The van der Waals surface area contributed by atoms with Crippen molar-refractivity contribution >= 4 is 17.0 Å². The van der Waals surface area contributed by atoms with Crippen LogP contribution < -0.4 is 0 Å². The van der Waals surface area contributed by atoms with Crippen molar-refractivity contribution in [2.75, 3.05) is 7.11 Å². The zero-order valence-electron chi connectivity index (χ0n) is 7.00. The summed E-state index contributed by atoms with van der Waals surface area (Å²) in [6.07, 6.45) is 0. The second kappa shape index (κ2) is 6.70. The van der Waals surface area contributed by atoms with Gasteiger partial charge < -0.3 is 0 Å². The third kappa shape index (κ3) is 4.29. The molecule has 0 fully saturated rings. The van der Waals surface area contributed by atoms with Gasteiger partial charge in [-0.1, -0.05) is 0 Å². The molecule has 0 bridgehead atoms. The van der Waals surface area contributed by atoms with E-state index in [1.807, 2.05) is 30.3 Å². The van der Waals surface area contributed by atoms with Crippen molar-refractivity contribution in [2.24, 2.45) is 0 Å². The molecule has 65 valence electrons. The van der Waals surface area contributed by atoms with Gasteiger partial charge in [0.2, 0.25) is 0 Å². The predicted octanol–water partition coefficient (Wildman–Crippen LogP) is 2.83. The molecule has 1 aromatic rings. The first-order valence-electron chi connectivity index (χ1n) is 3.73. The first-order chi connectivity index (χ1) is 5.33. The van der Waals surface area contributed by atoms with Gasteiger partial charge in [-0.25, -0.2) is 0 Å². The van der Waals surface area contributed by atoms with E-state index in [0.717, 1.165) is 5.56 Å².